The highest BCUT2D eigenvalue weighted by molar-refractivity contribution is 7.98. The van der Waals surface area contributed by atoms with Gasteiger partial charge in [0, 0.05) is 11.9 Å². The zero-order valence-electron chi connectivity index (χ0n) is 15.9. The van der Waals surface area contributed by atoms with Gasteiger partial charge in [-0.15, -0.1) is 16.8 Å². The molecule has 5 aromatic rings. The molecule has 0 unspecified atom stereocenters. The van der Waals surface area contributed by atoms with Crippen LogP contribution in [0.3, 0.4) is 0 Å². The van der Waals surface area contributed by atoms with Crippen molar-refractivity contribution < 1.29 is 0 Å². The average Bonchev–Trinajstić information content (AvgIpc) is 3.19. The Bertz CT molecular complexity index is 1490. The molecule has 2 N–H and O–H groups in total. The molecule has 148 valence electrons. The highest BCUT2D eigenvalue weighted by Crippen LogP contribution is 2.25. The van der Waals surface area contributed by atoms with Crippen molar-refractivity contribution in [2.75, 3.05) is 5.73 Å². The van der Waals surface area contributed by atoms with Crippen molar-refractivity contribution >= 4 is 45.2 Å². The standard InChI is InChI=1S/C21H17N7OS/c1-2-11-27-19(29)14-8-4-6-10-16(14)28-20(27)25-26-21(28)30-12-17-23-15-9-5-3-7-13(15)18(22)24-17/h2-10H,1,11-12H2,(H2,22,23,24). The number of nitrogen functional groups attached to an aromatic ring is 1. The first-order valence-corrected chi connectivity index (χ1v) is 10.3. The molecule has 0 bridgehead atoms. The van der Waals surface area contributed by atoms with E-state index >= 15 is 0 Å². The summed E-state index contributed by atoms with van der Waals surface area (Å²) in [6.45, 7) is 4.10. The summed E-state index contributed by atoms with van der Waals surface area (Å²) >= 11 is 1.44. The van der Waals surface area contributed by atoms with E-state index in [4.69, 9.17) is 5.73 Å². The number of hydrogen-bond donors (Lipinski definition) is 1. The second kappa shape index (κ2) is 7.27. The number of allylic oxidation sites excluding steroid dienone is 1. The van der Waals surface area contributed by atoms with E-state index in [0.717, 1.165) is 16.4 Å². The summed E-state index contributed by atoms with van der Waals surface area (Å²) in [5.74, 6) is 1.99. The number of anilines is 1. The first kappa shape index (κ1) is 18.3. The second-order valence-corrected chi connectivity index (χ2v) is 7.61. The highest BCUT2D eigenvalue weighted by atomic mass is 32.2. The smallest absolute Gasteiger partial charge is 0.263 e. The summed E-state index contributed by atoms with van der Waals surface area (Å²) in [4.78, 5) is 21.9. The molecule has 0 saturated carbocycles. The lowest BCUT2D eigenvalue weighted by Gasteiger charge is -2.09. The average molecular weight is 415 g/mol. The van der Waals surface area contributed by atoms with E-state index in [1.807, 2.05) is 46.9 Å². The maximum atomic E-state index is 12.9. The summed E-state index contributed by atoms with van der Waals surface area (Å²) in [5.41, 5.74) is 7.54. The third kappa shape index (κ3) is 2.91. The monoisotopic (exact) mass is 415 g/mol. The van der Waals surface area contributed by atoms with Crippen LogP contribution in [0.2, 0.25) is 0 Å². The van der Waals surface area contributed by atoms with Gasteiger partial charge in [-0.25, -0.2) is 9.97 Å². The fourth-order valence-corrected chi connectivity index (χ4v) is 4.26. The van der Waals surface area contributed by atoms with Crippen molar-refractivity contribution in [2.24, 2.45) is 0 Å². The molecule has 0 aliphatic carbocycles. The van der Waals surface area contributed by atoms with E-state index in [9.17, 15) is 4.79 Å². The van der Waals surface area contributed by atoms with Crippen LogP contribution in [0.1, 0.15) is 5.82 Å². The number of para-hydroxylation sites is 2. The lowest BCUT2D eigenvalue weighted by molar-refractivity contribution is 0.783. The van der Waals surface area contributed by atoms with Crippen LogP contribution in [0, 0.1) is 0 Å². The van der Waals surface area contributed by atoms with E-state index in [1.54, 1.807) is 16.7 Å². The number of nitrogens with two attached hydrogens (primary N) is 1. The largest absolute Gasteiger partial charge is 0.383 e. The molecular weight excluding hydrogens is 398 g/mol. The zero-order valence-corrected chi connectivity index (χ0v) is 16.7. The van der Waals surface area contributed by atoms with E-state index in [0.29, 0.717) is 40.3 Å². The minimum Gasteiger partial charge on any atom is -0.383 e. The third-order valence-electron chi connectivity index (χ3n) is 4.80. The molecule has 3 aromatic heterocycles. The van der Waals surface area contributed by atoms with Crippen molar-refractivity contribution in [3.63, 3.8) is 0 Å². The Kier molecular flexibility index (Phi) is 4.44. The molecule has 2 aromatic carbocycles. The van der Waals surface area contributed by atoms with Gasteiger partial charge in [0.15, 0.2) is 5.16 Å². The van der Waals surface area contributed by atoms with Crippen molar-refractivity contribution in [1.29, 1.82) is 0 Å². The first-order valence-electron chi connectivity index (χ1n) is 9.29. The van der Waals surface area contributed by atoms with E-state index in [1.165, 1.54) is 11.8 Å². The Morgan fingerprint density at radius 1 is 1.03 bits per heavy atom. The maximum absolute atomic E-state index is 12.9. The minimum atomic E-state index is -0.118. The molecule has 30 heavy (non-hydrogen) atoms. The molecule has 0 spiro atoms. The van der Waals surface area contributed by atoms with Crippen molar-refractivity contribution in [1.82, 2.24) is 29.1 Å². The van der Waals surface area contributed by atoms with Gasteiger partial charge in [-0.05, 0) is 24.3 Å². The molecule has 5 rings (SSSR count). The lowest BCUT2D eigenvalue weighted by atomic mass is 10.2. The van der Waals surface area contributed by atoms with Crippen LogP contribution in [-0.2, 0) is 12.3 Å². The van der Waals surface area contributed by atoms with Crippen LogP contribution in [0.15, 0.2) is 71.1 Å². The molecule has 0 radical (unpaired) electrons. The summed E-state index contributed by atoms with van der Waals surface area (Å²) in [5, 5.41) is 10.7. The Labute approximate surface area is 175 Å². The third-order valence-corrected chi connectivity index (χ3v) is 5.72. The molecule has 0 atom stereocenters. The van der Waals surface area contributed by atoms with Crippen LogP contribution in [0.5, 0.6) is 0 Å². The SMILES string of the molecule is C=CCn1c(=O)c2ccccc2n2c(SCc3nc(N)c4ccccc4n3)nnc12. The van der Waals surface area contributed by atoms with Gasteiger partial charge in [0.25, 0.3) is 5.56 Å². The maximum Gasteiger partial charge on any atom is 0.263 e. The predicted octanol–water partition coefficient (Wildman–Crippen LogP) is 3.05. The second-order valence-electron chi connectivity index (χ2n) is 6.67. The molecular formula is C21H17N7OS. The molecule has 9 heteroatoms. The van der Waals surface area contributed by atoms with Gasteiger partial charge in [0.05, 0.1) is 22.2 Å². The summed E-state index contributed by atoms with van der Waals surface area (Å²) in [6, 6.07) is 15.1. The van der Waals surface area contributed by atoms with Crippen molar-refractivity contribution in [3.8, 4) is 0 Å². The quantitative estimate of drug-likeness (QED) is 0.347. The molecule has 0 aliphatic rings. The normalized spacial score (nSPS) is 11.5. The first-order chi connectivity index (χ1) is 14.7. The summed E-state index contributed by atoms with van der Waals surface area (Å²) < 4.78 is 3.45. The van der Waals surface area contributed by atoms with Gasteiger partial charge in [-0.1, -0.05) is 42.1 Å². The van der Waals surface area contributed by atoms with Gasteiger partial charge >= 0.3 is 0 Å². The molecule has 0 amide bonds. The lowest BCUT2D eigenvalue weighted by Crippen LogP contribution is -2.22. The fraction of sp³-hybridized carbons (Fsp3) is 0.0952. The summed E-state index contributed by atoms with van der Waals surface area (Å²) in [7, 11) is 0. The van der Waals surface area contributed by atoms with Crippen LogP contribution >= 0.6 is 11.8 Å². The van der Waals surface area contributed by atoms with Crippen LogP contribution in [0.25, 0.3) is 27.6 Å². The van der Waals surface area contributed by atoms with Crippen LogP contribution < -0.4 is 11.3 Å². The van der Waals surface area contributed by atoms with Gasteiger partial charge in [-0.3, -0.25) is 13.8 Å². The number of nitrogens with zero attached hydrogens (tertiary/aromatic N) is 6. The molecule has 3 heterocycles. The predicted molar refractivity (Wildman–Crippen MR) is 118 cm³/mol. The Hall–Kier alpha value is -3.72. The number of rotatable bonds is 5. The Morgan fingerprint density at radius 2 is 1.80 bits per heavy atom. The van der Waals surface area contributed by atoms with Gasteiger partial charge in [0.1, 0.15) is 11.6 Å². The number of hydrogen-bond acceptors (Lipinski definition) is 7. The Balaban J connectivity index is 1.60. The highest BCUT2D eigenvalue weighted by Gasteiger charge is 2.17. The summed E-state index contributed by atoms with van der Waals surface area (Å²) in [6.07, 6.45) is 1.67. The molecule has 8 nitrogen and oxygen atoms in total. The van der Waals surface area contributed by atoms with Crippen LogP contribution in [0.4, 0.5) is 5.82 Å². The van der Waals surface area contributed by atoms with Crippen molar-refractivity contribution in [2.45, 2.75) is 17.5 Å². The van der Waals surface area contributed by atoms with E-state index in [-0.39, 0.29) is 5.56 Å². The van der Waals surface area contributed by atoms with Crippen molar-refractivity contribution in [3.05, 3.63) is 77.4 Å². The number of thioether (sulfide) groups is 1. The number of fused-ring (bicyclic) bond motifs is 4. The topological polar surface area (TPSA) is 104 Å². The minimum absolute atomic E-state index is 0.118. The van der Waals surface area contributed by atoms with E-state index < -0.39 is 0 Å². The fourth-order valence-electron chi connectivity index (χ4n) is 3.47. The Morgan fingerprint density at radius 3 is 2.63 bits per heavy atom. The zero-order chi connectivity index (χ0) is 20.7. The molecule has 0 saturated heterocycles. The molecule has 0 fully saturated rings. The van der Waals surface area contributed by atoms with E-state index in [2.05, 4.69) is 26.7 Å². The van der Waals surface area contributed by atoms with Gasteiger partial charge < -0.3 is 5.73 Å². The molecule has 0 aliphatic heterocycles. The number of aromatic nitrogens is 6. The number of benzene rings is 2. The van der Waals surface area contributed by atoms with Crippen LogP contribution in [-0.4, -0.2) is 29.1 Å². The van der Waals surface area contributed by atoms with Gasteiger partial charge in [0.2, 0.25) is 5.78 Å². The van der Waals surface area contributed by atoms with Gasteiger partial charge in [-0.2, -0.15) is 0 Å².